The number of allylic oxidation sites excluding steroid dienone is 5. The molecule has 27 heavy (non-hydrogen) atoms. The second-order valence-electron chi connectivity index (χ2n) is 7.97. The fraction of sp³-hybridized carbons (Fsp3) is 0.308. The van der Waals surface area contributed by atoms with Gasteiger partial charge in [-0.2, -0.15) is 0 Å². The van der Waals surface area contributed by atoms with Crippen LogP contribution < -0.4 is 0 Å². The van der Waals surface area contributed by atoms with Gasteiger partial charge < -0.3 is 0 Å². The van der Waals surface area contributed by atoms with Crippen molar-refractivity contribution in [1.29, 1.82) is 0 Å². The maximum atomic E-state index is 2.51. The Morgan fingerprint density at radius 1 is 0.852 bits per heavy atom. The van der Waals surface area contributed by atoms with Crippen LogP contribution in [0.1, 0.15) is 50.7 Å². The molecule has 140 valence electrons. The molecule has 1 aliphatic rings. The Labute approximate surface area is 166 Å². The fourth-order valence-corrected chi connectivity index (χ4v) is 6.95. The summed E-state index contributed by atoms with van der Waals surface area (Å²) in [6, 6.07) is 22.0. The third kappa shape index (κ3) is 4.09. The van der Waals surface area contributed by atoms with E-state index in [1.54, 1.807) is 16.0 Å². The molecule has 1 aliphatic heterocycles. The van der Waals surface area contributed by atoms with Crippen LogP contribution in [0.2, 0.25) is 13.1 Å². The van der Waals surface area contributed by atoms with E-state index in [4.69, 9.17) is 0 Å². The number of benzene rings is 2. The predicted molar refractivity (Wildman–Crippen MR) is 123 cm³/mol. The maximum absolute atomic E-state index is 2.51. The highest BCUT2D eigenvalue weighted by Gasteiger charge is 2.40. The van der Waals surface area contributed by atoms with E-state index in [2.05, 4.69) is 99.8 Å². The van der Waals surface area contributed by atoms with Gasteiger partial charge in [0, 0.05) is 0 Å². The van der Waals surface area contributed by atoms with Gasteiger partial charge in [0.1, 0.15) is 8.07 Å². The summed E-state index contributed by atoms with van der Waals surface area (Å²) in [5.74, 6) is 0. The van der Waals surface area contributed by atoms with E-state index in [-0.39, 0.29) is 0 Å². The number of hydrogen-bond acceptors (Lipinski definition) is 0. The Hall–Kier alpha value is -2.12. The third-order valence-corrected chi connectivity index (χ3v) is 9.09. The van der Waals surface area contributed by atoms with Crippen molar-refractivity contribution in [3.05, 3.63) is 94.7 Å². The molecule has 0 saturated carbocycles. The summed E-state index contributed by atoms with van der Waals surface area (Å²) < 4.78 is 0. The van der Waals surface area contributed by atoms with Crippen LogP contribution in [-0.2, 0) is 0 Å². The lowest BCUT2D eigenvalue weighted by molar-refractivity contribution is 0.897. The van der Waals surface area contributed by atoms with E-state index in [1.165, 1.54) is 29.5 Å². The molecule has 2 aromatic carbocycles. The standard InChI is InChI=1S/C26H32Si/c1-5-7-15-22(14-6-2)26(23-18-12-9-13-19-23)25-20-24(27(25,3)4)21-16-10-8-11-17-21/h8-13,15-20H,5-7,14H2,1-4H3/b22-15?,26-25-. The van der Waals surface area contributed by atoms with Crippen LogP contribution in [0.25, 0.3) is 10.8 Å². The highest BCUT2D eigenvalue weighted by Crippen LogP contribution is 2.47. The fourth-order valence-electron chi connectivity index (χ4n) is 4.05. The van der Waals surface area contributed by atoms with Gasteiger partial charge in [0.25, 0.3) is 0 Å². The van der Waals surface area contributed by atoms with Crippen molar-refractivity contribution in [1.82, 2.24) is 0 Å². The van der Waals surface area contributed by atoms with Crippen molar-refractivity contribution >= 4 is 18.8 Å². The minimum absolute atomic E-state index is 1.16. The zero-order valence-electron chi connectivity index (χ0n) is 17.3. The quantitative estimate of drug-likeness (QED) is 0.434. The van der Waals surface area contributed by atoms with Crippen molar-refractivity contribution in [3.63, 3.8) is 0 Å². The summed E-state index contributed by atoms with van der Waals surface area (Å²) >= 11 is 0. The topological polar surface area (TPSA) is 0 Å². The molecule has 1 heterocycles. The SMILES string of the molecule is CCCC=C(CCC)/C(=C1\C=C(c2ccccc2)[Si]1(C)C)c1ccccc1. The monoisotopic (exact) mass is 372 g/mol. The minimum atomic E-state index is -1.63. The van der Waals surface area contributed by atoms with E-state index in [0.717, 1.165) is 12.8 Å². The molecule has 0 fully saturated rings. The molecule has 0 radical (unpaired) electrons. The molecular weight excluding hydrogens is 340 g/mol. The normalized spacial score (nSPS) is 17.9. The largest absolute Gasteiger partial charge is 0.113 e. The average molecular weight is 373 g/mol. The highest BCUT2D eigenvalue weighted by atomic mass is 28.3. The van der Waals surface area contributed by atoms with Gasteiger partial charge >= 0.3 is 0 Å². The minimum Gasteiger partial charge on any atom is -0.0807 e. The zero-order valence-corrected chi connectivity index (χ0v) is 18.3. The summed E-state index contributed by atoms with van der Waals surface area (Å²) in [5, 5.41) is 3.20. The van der Waals surface area contributed by atoms with Crippen LogP contribution in [0.5, 0.6) is 0 Å². The van der Waals surface area contributed by atoms with E-state index in [1.807, 2.05) is 0 Å². The summed E-state index contributed by atoms with van der Waals surface area (Å²) in [6.45, 7) is 9.58. The summed E-state index contributed by atoms with van der Waals surface area (Å²) in [5.41, 5.74) is 5.85. The number of hydrogen-bond donors (Lipinski definition) is 0. The first-order chi connectivity index (χ1) is 13.1. The second-order valence-corrected chi connectivity index (χ2v) is 12.3. The number of rotatable bonds is 7. The number of unbranched alkanes of at least 4 members (excludes halogenated alkanes) is 1. The van der Waals surface area contributed by atoms with Crippen LogP contribution in [0.4, 0.5) is 0 Å². The second kappa shape index (κ2) is 8.71. The van der Waals surface area contributed by atoms with E-state index >= 15 is 0 Å². The molecule has 0 spiro atoms. The van der Waals surface area contributed by atoms with Gasteiger partial charge in [0.15, 0.2) is 0 Å². The molecule has 0 atom stereocenters. The van der Waals surface area contributed by atoms with E-state index in [0.29, 0.717) is 0 Å². The molecule has 0 N–H and O–H groups in total. The van der Waals surface area contributed by atoms with Crippen molar-refractivity contribution in [3.8, 4) is 0 Å². The summed E-state index contributed by atoms with van der Waals surface area (Å²) in [4.78, 5) is 0. The molecule has 0 nitrogen and oxygen atoms in total. The van der Waals surface area contributed by atoms with Gasteiger partial charge in [-0.15, -0.1) is 0 Å². The molecule has 0 bridgehead atoms. The Morgan fingerprint density at radius 3 is 2.04 bits per heavy atom. The van der Waals surface area contributed by atoms with Crippen LogP contribution in [0.3, 0.4) is 0 Å². The van der Waals surface area contributed by atoms with Crippen LogP contribution in [-0.4, -0.2) is 8.07 Å². The lowest BCUT2D eigenvalue weighted by Gasteiger charge is -2.39. The first-order valence-corrected chi connectivity index (χ1v) is 13.4. The highest BCUT2D eigenvalue weighted by molar-refractivity contribution is 7.05. The molecular formula is C26H32Si. The first kappa shape index (κ1) is 19.6. The van der Waals surface area contributed by atoms with Crippen LogP contribution in [0, 0.1) is 0 Å². The molecule has 0 amide bonds. The Bertz CT molecular complexity index is 852. The van der Waals surface area contributed by atoms with Crippen LogP contribution >= 0.6 is 0 Å². The van der Waals surface area contributed by atoms with Gasteiger partial charge in [-0.1, -0.05) is 113 Å². The zero-order chi connectivity index (χ0) is 19.3. The molecule has 1 heteroatoms. The predicted octanol–water partition coefficient (Wildman–Crippen LogP) is 7.85. The Balaban J connectivity index is 2.17. The van der Waals surface area contributed by atoms with Crippen molar-refractivity contribution in [2.75, 3.05) is 0 Å². The van der Waals surface area contributed by atoms with Crippen molar-refractivity contribution < 1.29 is 0 Å². The van der Waals surface area contributed by atoms with Gasteiger partial charge in [-0.05, 0) is 45.5 Å². The lowest BCUT2D eigenvalue weighted by atomic mass is 9.92. The van der Waals surface area contributed by atoms with Gasteiger partial charge in [-0.3, -0.25) is 0 Å². The summed E-state index contributed by atoms with van der Waals surface area (Å²) in [6.07, 6.45) is 9.70. The maximum Gasteiger partial charge on any atom is 0.113 e. The molecule has 0 aliphatic carbocycles. The smallest absolute Gasteiger partial charge is 0.0807 e. The average Bonchev–Trinajstić information content (AvgIpc) is 2.69. The summed E-state index contributed by atoms with van der Waals surface area (Å²) in [7, 11) is -1.63. The first-order valence-electron chi connectivity index (χ1n) is 10.4. The molecule has 3 rings (SSSR count). The lowest BCUT2D eigenvalue weighted by Crippen LogP contribution is -2.39. The van der Waals surface area contributed by atoms with Gasteiger partial charge in [-0.25, -0.2) is 0 Å². The molecule has 0 unspecified atom stereocenters. The van der Waals surface area contributed by atoms with Crippen molar-refractivity contribution in [2.45, 2.75) is 52.6 Å². The Kier molecular flexibility index (Phi) is 6.33. The third-order valence-electron chi connectivity index (χ3n) is 5.57. The van der Waals surface area contributed by atoms with Gasteiger partial charge in [0.05, 0.1) is 0 Å². The molecule has 2 aromatic rings. The van der Waals surface area contributed by atoms with E-state index < -0.39 is 8.07 Å². The molecule has 0 saturated heterocycles. The van der Waals surface area contributed by atoms with Crippen LogP contribution in [0.15, 0.2) is 83.6 Å². The molecule has 0 aromatic heterocycles. The van der Waals surface area contributed by atoms with Crippen molar-refractivity contribution in [2.24, 2.45) is 0 Å². The Morgan fingerprint density at radius 2 is 1.48 bits per heavy atom. The van der Waals surface area contributed by atoms with E-state index in [9.17, 15) is 0 Å². The van der Waals surface area contributed by atoms with Gasteiger partial charge in [0.2, 0.25) is 0 Å².